The van der Waals surface area contributed by atoms with E-state index in [1.165, 1.54) is 17.0 Å². The number of imide groups is 1. The molecule has 0 radical (unpaired) electrons. The van der Waals surface area contributed by atoms with Gasteiger partial charge in [0.2, 0.25) is 0 Å². The quantitative estimate of drug-likeness (QED) is 0.540. The van der Waals surface area contributed by atoms with Crippen molar-refractivity contribution in [2.75, 3.05) is 6.54 Å². The predicted molar refractivity (Wildman–Crippen MR) is 103 cm³/mol. The van der Waals surface area contributed by atoms with Crippen LogP contribution in [0.5, 0.6) is 5.75 Å². The number of amides is 3. The molecule has 1 saturated heterocycles. The summed E-state index contributed by atoms with van der Waals surface area (Å²) in [4.78, 5) is 25.5. The molecule has 0 unspecified atom stereocenters. The normalized spacial score (nSPS) is 15.4. The summed E-state index contributed by atoms with van der Waals surface area (Å²) in [5.74, 6) is -0.114. The lowest BCUT2D eigenvalue weighted by Crippen LogP contribution is -2.31. The summed E-state index contributed by atoms with van der Waals surface area (Å²) in [5.41, 5.74) is 1.67. The van der Waals surface area contributed by atoms with Crippen molar-refractivity contribution >= 4 is 33.9 Å². The molecule has 1 N–H and O–H groups in total. The second-order valence-electron chi connectivity index (χ2n) is 6.04. The van der Waals surface area contributed by atoms with Gasteiger partial charge >= 0.3 is 6.03 Å². The highest BCUT2D eigenvalue weighted by molar-refractivity contribution is 9.10. The Bertz CT molecular complexity index is 897. The van der Waals surface area contributed by atoms with Crippen molar-refractivity contribution < 1.29 is 18.7 Å². The fraction of sp³-hybridized carbons (Fsp3) is 0.200. The molecule has 3 rings (SSSR count). The number of hydrogen-bond donors (Lipinski definition) is 1. The van der Waals surface area contributed by atoms with Crippen LogP contribution in [0, 0.1) is 5.82 Å². The van der Waals surface area contributed by atoms with Crippen LogP contribution in [0.2, 0.25) is 0 Å². The van der Waals surface area contributed by atoms with Crippen molar-refractivity contribution in [2.45, 2.75) is 20.0 Å². The van der Waals surface area contributed by atoms with Crippen LogP contribution in [0.25, 0.3) is 6.08 Å². The summed E-state index contributed by atoms with van der Waals surface area (Å²) in [6.07, 6.45) is 2.29. The van der Waals surface area contributed by atoms with E-state index in [0.29, 0.717) is 24.3 Å². The van der Waals surface area contributed by atoms with Crippen LogP contribution in [-0.4, -0.2) is 23.4 Å². The van der Waals surface area contributed by atoms with E-state index in [9.17, 15) is 14.0 Å². The zero-order chi connectivity index (χ0) is 19.4. The van der Waals surface area contributed by atoms with Gasteiger partial charge in [0, 0.05) is 16.6 Å². The van der Waals surface area contributed by atoms with Gasteiger partial charge < -0.3 is 10.1 Å². The molecule has 140 valence electrons. The van der Waals surface area contributed by atoms with Gasteiger partial charge in [-0.15, -0.1) is 0 Å². The average molecular weight is 433 g/mol. The fourth-order valence-corrected chi connectivity index (χ4v) is 3.04. The minimum atomic E-state index is -0.420. The number of carbonyl (C=O) groups is 2. The molecule has 1 aliphatic heterocycles. The van der Waals surface area contributed by atoms with Crippen molar-refractivity contribution in [3.8, 4) is 5.75 Å². The minimum absolute atomic E-state index is 0.207. The van der Waals surface area contributed by atoms with Crippen LogP contribution in [0.3, 0.4) is 0 Å². The Morgan fingerprint density at radius 3 is 2.63 bits per heavy atom. The van der Waals surface area contributed by atoms with Crippen LogP contribution in [-0.2, 0) is 11.4 Å². The van der Waals surface area contributed by atoms with E-state index < -0.39 is 6.03 Å². The summed E-state index contributed by atoms with van der Waals surface area (Å²) in [5, 5.41) is 2.60. The Balaban J connectivity index is 1.83. The molecule has 3 amide bonds. The van der Waals surface area contributed by atoms with Crippen LogP contribution in [0.15, 0.2) is 52.6 Å². The Hall–Kier alpha value is -2.67. The number of nitrogens with one attached hydrogen (secondary N) is 1. The van der Waals surface area contributed by atoms with Crippen LogP contribution < -0.4 is 10.1 Å². The molecular formula is C20H18BrFN2O3. The third-order valence-corrected chi connectivity index (χ3v) is 4.48. The van der Waals surface area contributed by atoms with Gasteiger partial charge in [-0.2, -0.15) is 0 Å². The average Bonchev–Trinajstić information content (AvgIpc) is 2.90. The highest BCUT2D eigenvalue weighted by Crippen LogP contribution is 2.27. The largest absolute Gasteiger partial charge is 0.488 e. The van der Waals surface area contributed by atoms with Crippen LogP contribution in [0.4, 0.5) is 9.18 Å². The second-order valence-corrected chi connectivity index (χ2v) is 6.96. The Kier molecular flexibility index (Phi) is 5.91. The van der Waals surface area contributed by atoms with E-state index in [1.807, 2.05) is 13.0 Å². The molecule has 1 fully saturated rings. The molecule has 7 heteroatoms. The minimum Gasteiger partial charge on any atom is -0.488 e. The monoisotopic (exact) mass is 432 g/mol. The molecule has 1 aliphatic rings. The number of carbonyl (C=O) groups excluding carboxylic acids is 2. The maximum Gasteiger partial charge on any atom is 0.329 e. The van der Waals surface area contributed by atoms with E-state index >= 15 is 0 Å². The van der Waals surface area contributed by atoms with Gasteiger partial charge in [0.15, 0.2) is 0 Å². The van der Waals surface area contributed by atoms with E-state index in [4.69, 9.17) is 4.74 Å². The van der Waals surface area contributed by atoms with E-state index in [-0.39, 0.29) is 24.0 Å². The zero-order valence-electron chi connectivity index (χ0n) is 14.7. The number of rotatable bonds is 6. The summed E-state index contributed by atoms with van der Waals surface area (Å²) >= 11 is 3.40. The van der Waals surface area contributed by atoms with Crippen LogP contribution in [0.1, 0.15) is 24.5 Å². The van der Waals surface area contributed by atoms with Gasteiger partial charge in [-0.3, -0.25) is 9.69 Å². The molecular weight excluding hydrogens is 415 g/mol. The lowest BCUT2D eigenvalue weighted by atomic mass is 10.1. The maximum atomic E-state index is 13.0. The van der Waals surface area contributed by atoms with Gasteiger partial charge in [0.25, 0.3) is 5.91 Å². The third kappa shape index (κ3) is 4.54. The van der Waals surface area contributed by atoms with Gasteiger partial charge in [0.05, 0.1) is 0 Å². The SMILES string of the molecule is CCCN1C(=O)N/C(=C/c2cc(Br)ccc2OCc2ccc(F)cc2)C1=O. The number of hydrogen-bond acceptors (Lipinski definition) is 3. The summed E-state index contributed by atoms with van der Waals surface area (Å²) in [6.45, 7) is 2.52. The van der Waals surface area contributed by atoms with Crippen molar-refractivity contribution in [3.63, 3.8) is 0 Å². The molecule has 27 heavy (non-hydrogen) atoms. The molecule has 1 heterocycles. The van der Waals surface area contributed by atoms with Gasteiger partial charge in [0.1, 0.15) is 23.9 Å². The van der Waals surface area contributed by atoms with Crippen molar-refractivity contribution in [2.24, 2.45) is 0 Å². The smallest absolute Gasteiger partial charge is 0.329 e. The molecule has 5 nitrogen and oxygen atoms in total. The highest BCUT2D eigenvalue weighted by atomic mass is 79.9. The van der Waals surface area contributed by atoms with E-state index in [1.54, 1.807) is 30.3 Å². The first-order valence-corrected chi connectivity index (χ1v) is 9.28. The number of ether oxygens (including phenoxy) is 1. The first-order valence-electron chi connectivity index (χ1n) is 8.49. The third-order valence-electron chi connectivity index (χ3n) is 3.99. The van der Waals surface area contributed by atoms with Crippen molar-refractivity contribution in [1.29, 1.82) is 0 Å². The molecule has 2 aromatic rings. The maximum absolute atomic E-state index is 13.0. The Labute approximate surface area is 164 Å². The molecule has 0 atom stereocenters. The molecule has 0 aromatic heterocycles. The number of halogens is 2. The van der Waals surface area contributed by atoms with Gasteiger partial charge in [-0.05, 0) is 48.4 Å². The number of nitrogens with zero attached hydrogens (tertiary/aromatic N) is 1. The molecule has 0 spiro atoms. The van der Waals surface area contributed by atoms with Crippen LogP contribution >= 0.6 is 15.9 Å². The zero-order valence-corrected chi connectivity index (χ0v) is 16.3. The van der Waals surface area contributed by atoms with Crippen molar-refractivity contribution in [1.82, 2.24) is 10.2 Å². The fourth-order valence-electron chi connectivity index (χ4n) is 2.66. The lowest BCUT2D eigenvalue weighted by Gasteiger charge is -2.11. The molecule has 2 aromatic carbocycles. The summed E-state index contributed by atoms with van der Waals surface area (Å²) < 4.78 is 19.7. The first kappa shape index (κ1) is 19.1. The molecule has 0 bridgehead atoms. The number of benzene rings is 2. The van der Waals surface area contributed by atoms with Crippen molar-refractivity contribution in [3.05, 3.63) is 69.6 Å². The van der Waals surface area contributed by atoms with Gasteiger partial charge in [-0.25, -0.2) is 9.18 Å². The molecule has 0 aliphatic carbocycles. The predicted octanol–water partition coefficient (Wildman–Crippen LogP) is 4.47. The van der Waals surface area contributed by atoms with E-state index in [0.717, 1.165) is 10.0 Å². The number of urea groups is 1. The van der Waals surface area contributed by atoms with Gasteiger partial charge in [-0.1, -0.05) is 35.0 Å². The standard InChI is InChI=1S/C20H18BrFN2O3/c1-2-9-24-19(25)17(23-20(24)26)11-14-10-15(21)5-8-18(14)27-12-13-3-6-16(22)7-4-13/h3-8,10-11H,2,9,12H2,1H3,(H,23,26)/b17-11+. The second kappa shape index (κ2) is 8.35. The topological polar surface area (TPSA) is 58.6 Å². The Morgan fingerprint density at radius 2 is 1.93 bits per heavy atom. The lowest BCUT2D eigenvalue weighted by molar-refractivity contribution is -0.122. The van der Waals surface area contributed by atoms with E-state index in [2.05, 4.69) is 21.2 Å². The summed E-state index contributed by atoms with van der Waals surface area (Å²) in [6, 6.07) is 11.0. The highest BCUT2D eigenvalue weighted by Gasteiger charge is 2.32. The Morgan fingerprint density at radius 1 is 1.19 bits per heavy atom. The molecule has 0 saturated carbocycles. The summed E-state index contributed by atoms with van der Waals surface area (Å²) in [7, 11) is 0. The first-order chi connectivity index (χ1) is 13.0.